The van der Waals surface area contributed by atoms with Crippen LogP contribution in [0.2, 0.25) is 0 Å². The monoisotopic (exact) mass is 519 g/mol. The van der Waals surface area contributed by atoms with E-state index in [1.165, 1.54) is 11.0 Å². The Morgan fingerprint density at radius 1 is 1.18 bits per heavy atom. The SMILES string of the molecule is CCc1ccnc(-c2ccc(O)c3c2C[C@@H]2C[C@@H]4[C@@H](N(C)C)C(O)=C(C(N)=O)C(=O)[C@]4(O)C(O)=C2C3=O)c1. The number of aromatic hydroxyl groups is 1. The average molecular weight is 520 g/mol. The molecule has 1 aromatic carbocycles. The Kier molecular flexibility index (Phi) is 5.92. The summed E-state index contributed by atoms with van der Waals surface area (Å²) < 4.78 is 0. The number of likely N-dealkylation sites (N-methyl/N-ethyl adjacent to an activating group) is 1. The van der Waals surface area contributed by atoms with E-state index in [2.05, 4.69) is 4.98 Å². The lowest BCUT2D eigenvalue weighted by Gasteiger charge is -2.50. The van der Waals surface area contributed by atoms with Gasteiger partial charge in [0.2, 0.25) is 5.78 Å². The molecular weight excluding hydrogens is 490 g/mol. The Balaban J connectivity index is 1.72. The van der Waals surface area contributed by atoms with E-state index < -0.39 is 58.0 Å². The third kappa shape index (κ3) is 3.40. The lowest BCUT2D eigenvalue weighted by Crippen LogP contribution is -2.63. The minimum Gasteiger partial charge on any atom is -0.510 e. The quantitative estimate of drug-likeness (QED) is 0.377. The van der Waals surface area contributed by atoms with Gasteiger partial charge >= 0.3 is 0 Å². The maximum absolute atomic E-state index is 13.8. The van der Waals surface area contributed by atoms with Crippen LogP contribution >= 0.6 is 0 Å². The largest absolute Gasteiger partial charge is 0.510 e. The van der Waals surface area contributed by atoms with Crippen LogP contribution in [0.4, 0.5) is 0 Å². The van der Waals surface area contributed by atoms with Gasteiger partial charge in [-0.3, -0.25) is 24.3 Å². The third-order valence-electron chi connectivity index (χ3n) is 8.11. The van der Waals surface area contributed by atoms with Crippen LogP contribution in [0.15, 0.2) is 53.1 Å². The molecule has 10 nitrogen and oxygen atoms in total. The first-order chi connectivity index (χ1) is 17.9. The van der Waals surface area contributed by atoms with Crippen LogP contribution in [-0.2, 0) is 22.4 Å². The summed E-state index contributed by atoms with van der Waals surface area (Å²) in [5.74, 6) is -6.73. The summed E-state index contributed by atoms with van der Waals surface area (Å²) in [6.07, 6.45) is 2.69. The number of pyridine rings is 1. The molecule has 0 saturated heterocycles. The van der Waals surface area contributed by atoms with Gasteiger partial charge < -0.3 is 26.2 Å². The Bertz CT molecular complexity index is 1470. The van der Waals surface area contributed by atoms with Gasteiger partial charge in [0.1, 0.15) is 22.8 Å². The molecule has 0 spiro atoms. The van der Waals surface area contributed by atoms with Crippen LogP contribution in [0.1, 0.15) is 34.8 Å². The number of phenols is 1. The predicted octanol–water partition coefficient (Wildman–Crippen LogP) is 1.75. The number of fused-ring (bicyclic) bond motifs is 3. The first-order valence-electron chi connectivity index (χ1n) is 12.4. The zero-order valence-corrected chi connectivity index (χ0v) is 21.2. The molecule has 0 unspecified atom stereocenters. The number of hydrogen-bond donors (Lipinski definition) is 5. The Hall–Kier alpha value is -4.02. The lowest BCUT2D eigenvalue weighted by molar-refractivity contribution is -0.148. The number of allylic oxidation sites excluding steroid dienone is 1. The first-order valence-corrected chi connectivity index (χ1v) is 12.4. The number of carbonyl (C=O) groups excluding carboxylic acids is 3. The number of nitrogens with zero attached hydrogens (tertiary/aromatic N) is 2. The van der Waals surface area contributed by atoms with E-state index in [0.29, 0.717) is 16.8 Å². The van der Waals surface area contributed by atoms with Crippen LogP contribution in [0.25, 0.3) is 11.3 Å². The van der Waals surface area contributed by atoms with Crippen LogP contribution in [-0.4, -0.2) is 73.5 Å². The second-order valence-corrected chi connectivity index (χ2v) is 10.4. The molecule has 198 valence electrons. The minimum atomic E-state index is -2.66. The van der Waals surface area contributed by atoms with Gasteiger partial charge in [0.05, 0.1) is 17.3 Å². The molecule has 10 heteroatoms. The molecule has 0 fully saturated rings. The number of primary amides is 1. The molecule has 3 aliphatic carbocycles. The first kappa shape index (κ1) is 25.6. The number of aliphatic hydroxyl groups excluding tert-OH is 2. The van der Waals surface area contributed by atoms with Crippen molar-refractivity contribution in [2.45, 2.75) is 37.8 Å². The lowest BCUT2D eigenvalue weighted by atomic mass is 9.58. The number of ketones is 2. The highest BCUT2D eigenvalue weighted by Gasteiger charge is 2.63. The van der Waals surface area contributed by atoms with Gasteiger partial charge in [0, 0.05) is 23.3 Å². The number of hydrogen-bond acceptors (Lipinski definition) is 9. The number of aromatic nitrogens is 1. The average Bonchev–Trinajstić information content (AvgIpc) is 2.86. The molecule has 0 radical (unpaired) electrons. The summed E-state index contributed by atoms with van der Waals surface area (Å²) in [6.45, 7) is 2.01. The van der Waals surface area contributed by atoms with Gasteiger partial charge in [-0.1, -0.05) is 6.92 Å². The summed E-state index contributed by atoms with van der Waals surface area (Å²) in [6, 6.07) is 5.84. The summed E-state index contributed by atoms with van der Waals surface area (Å²) >= 11 is 0. The number of carbonyl (C=O) groups is 3. The molecule has 0 saturated carbocycles. The topological polar surface area (TPSA) is 174 Å². The molecular formula is C28H29N3O7. The number of Topliss-reactive ketones (excluding diaryl/α,β-unsaturated/α-hetero) is 2. The molecule has 1 amide bonds. The molecule has 0 aliphatic heterocycles. The van der Waals surface area contributed by atoms with Gasteiger partial charge in [0.15, 0.2) is 11.4 Å². The summed E-state index contributed by atoms with van der Waals surface area (Å²) in [5, 5.41) is 44.6. The highest BCUT2D eigenvalue weighted by Crippen LogP contribution is 2.53. The Labute approximate surface area is 218 Å². The number of amides is 1. The molecule has 38 heavy (non-hydrogen) atoms. The fraction of sp³-hybridized carbons (Fsp3) is 0.357. The maximum atomic E-state index is 13.8. The number of benzene rings is 1. The molecule has 2 aromatic rings. The van der Waals surface area contributed by atoms with Crippen molar-refractivity contribution in [2.75, 3.05) is 14.1 Å². The molecule has 1 heterocycles. The van der Waals surface area contributed by atoms with Crippen LogP contribution in [0.3, 0.4) is 0 Å². The van der Waals surface area contributed by atoms with Crippen LogP contribution < -0.4 is 5.73 Å². The molecule has 4 atom stereocenters. The normalized spacial score (nSPS) is 26.8. The van der Waals surface area contributed by atoms with Crippen molar-refractivity contribution in [3.05, 3.63) is 69.8 Å². The zero-order valence-electron chi connectivity index (χ0n) is 21.2. The van der Waals surface area contributed by atoms with Crippen LogP contribution in [0.5, 0.6) is 5.75 Å². The summed E-state index contributed by atoms with van der Waals surface area (Å²) in [7, 11) is 3.19. The number of aliphatic hydroxyl groups is 3. The molecule has 3 aliphatic rings. The summed E-state index contributed by atoms with van der Waals surface area (Å²) in [4.78, 5) is 45.3. The highest BCUT2D eigenvalue weighted by molar-refractivity contribution is 6.24. The van der Waals surface area contributed by atoms with Crippen LogP contribution in [0, 0.1) is 11.8 Å². The zero-order chi connectivity index (χ0) is 27.7. The molecule has 1 aromatic heterocycles. The minimum absolute atomic E-state index is 0.0310. The van der Waals surface area contributed by atoms with Gasteiger partial charge in [0.25, 0.3) is 5.91 Å². The van der Waals surface area contributed by atoms with E-state index >= 15 is 0 Å². The van der Waals surface area contributed by atoms with E-state index in [4.69, 9.17) is 5.73 Å². The van der Waals surface area contributed by atoms with Gasteiger partial charge in [-0.05, 0) is 74.7 Å². The second-order valence-electron chi connectivity index (χ2n) is 10.4. The van der Waals surface area contributed by atoms with Gasteiger partial charge in [-0.25, -0.2) is 0 Å². The highest BCUT2D eigenvalue weighted by atomic mass is 16.3. The fourth-order valence-electron chi connectivity index (χ4n) is 6.33. The van der Waals surface area contributed by atoms with Crippen molar-refractivity contribution in [3.8, 4) is 17.0 Å². The standard InChI is InChI=1S/C28H29N3O7/c1-4-12-7-8-30-17(9-12)14-5-6-18(32)20-15(14)10-13-11-16-22(31(2)3)24(34)21(27(29)37)26(36)28(16,38)25(35)19(13)23(20)33/h5-9,13,16,22,32,34-35,38H,4,10-11H2,1-3H3,(H2,29,37)/t13-,16-,22-,28-/m1/s1. The Morgan fingerprint density at radius 3 is 2.53 bits per heavy atom. The van der Waals surface area contributed by atoms with E-state index in [0.717, 1.165) is 12.0 Å². The van der Waals surface area contributed by atoms with Crippen molar-refractivity contribution in [1.29, 1.82) is 0 Å². The number of rotatable bonds is 4. The third-order valence-corrected chi connectivity index (χ3v) is 8.11. The smallest absolute Gasteiger partial charge is 0.255 e. The van der Waals surface area contributed by atoms with E-state index in [1.807, 2.05) is 19.1 Å². The van der Waals surface area contributed by atoms with E-state index in [-0.39, 0.29) is 29.7 Å². The van der Waals surface area contributed by atoms with Gasteiger partial charge in [-0.2, -0.15) is 0 Å². The van der Waals surface area contributed by atoms with Crippen molar-refractivity contribution >= 4 is 17.5 Å². The van der Waals surface area contributed by atoms with Gasteiger partial charge in [-0.15, -0.1) is 0 Å². The second kappa shape index (κ2) is 8.78. The van der Waals surface area contributed by atoms with Crippen molar-refractivity contribution in [2.24, 2.45) is 17.6 Å². The maximum Gasteiger partial charge on any atom is 0.255 e. The van der Waals surface area contributed by atoms with Crippen molar-refractivity contribution < 1.29 is 34.8 Å². The molecule has 5 rings (SSSR count). The number of aryl methyl sites for hydroxylation is 1. The van der Waals surface area contributed by atoms with E-state index in [1.54, 1.807) is 26.4 Å². The molecule has 6 N–H and O–H groups in total. The Morgan fingerprint density at radius 2 is 1.89 bits per heavy atom. The summed E-state index contributed by atoms with van der Waals surface area (Å²) in [5.41, 5.74) is 4.52. The fourth-order valence-corrected chi connectivity index (χ4v) is 6.33. The number of phenolic OH excluding ortho intramolecular Hbond substituents is 1. The van der Waals surface area contributed by atoms with Crippen molar-refractivity contribution in [3.63, 3.8) is 0 Å². The number of nitrogens with two attached hydrogens (primary N) is 1. The molecule has 0 bridgehead atoms. The van der Waals surface area contributed by atoms with Crippen molar-refractivity contribution in [1.82, 2.24) is 9.88 Å². The predicted molar refractivity (Wildman–Crippen MR) is 136 cm³/mol. The van der Waals surface area contributed by atoms with E-state index in [9.17, 15) is 34.8 Å².